The maximum Gasteiger partial charge on any atom is 0.310 e. The Morgan fingerprint density at radius 2 is 2.00 bits per heavy atom. The van der Waals surface area contributed by atoms with E-state index in [0.717, 1.165) is 45.4 Å². The number of carbonyl (C=O) groups is 1. The van der Waals surface area contributed by atoms with Crippen LogP contribution in [0.5, 0.6) is 0 Å². The maximum atomic E-state index is 11.8. The van der Waals surface area contributed by atoms with Gasteiger partial charge < -0.3 is 9.84 Å². The fourth-order valence-electron chi connectivity index (χ4n) is 3.23. The lowest BCUT2D eigenvalue weighted by atomic mass is 9.79. The Morgan fingerprint density at radius 3 is 2.56 bits per heavy atom. The molecule has 0 aromatic heterocycles. The summed E-state index contributed by atoms with van der Waals surface area (Å²) in [6.45, 7) is 5.17. The number of ether oxygens (including phenoxy) is 1. The standard InChI is InChI=1S/C14H25NO3/c1-12-10-18-9-8-15(12)11-14(13(16)17)6-4-2-3-5-7-14/h12H,2-11H2,1H3,(H,16,17). The van der Waals surface area contributed by atoms with Gasteiger partial charge in [0.15, 0.2) is 0 Å². The van der Waals surface area contributed by atoms with Crippen molar-refractivity contribution in [2.45, 2.75) is 51.5 Å². The summed E-state index contributed by atoms with van der Waals surface area (Å²) in [5, 5.41) is 9.67. The summed E-state index contributed by atoms with van der Waals surface area (Å²) < 4.78 is 5.43. The molecule has 1 saturated heterocycles. The van der Waals surface area contributed by atoms with Crippen LogP contribution in [0.25, 0.3) is 0 Å². The van der Waals surface area contributed by atoms with Crippen LogP contribution < -0.4 is 0 Å². The Labute approximate surface area is 109 Å². The summed E-state index contributed by atoms with van der Waals surface area (Å²) in [5.74, 6) is -0.594. The van der Waals surface area contributed by atoms with Gasteiger partial charge in [0.2, 0.25) is 0 Å². The van der Waals surface area contributed by atoms with E-state index in [1.165, 1.54) is 12.8 Å². The zero-order chi connectivity index (χ0) is 13.0. The van der Waals surface area contributed by atoms with Gasteiger partial charge in [0.25, 0.3) is 0 Å². The highest BCUT2D eigenvalue weighted by Crippen LogP contribution is 2.36. The minimum absolute atomic E-state index is 0.346. The van der Waals surface area contributed by atoms with E-state index in [2.05, 4.69) is 11.8 Å². The Balaban J connectivity index is 2.06. The molecule has 2 fully saturated rings. The first-order valence-corrected chi connectivity index (χ1v) is 7.19. The average molecular weight is 255 g/mol. The van der Waals surface area contributed by atoms with Crippen LogP contribution in [0.3, 0.4) is 0 Å². The van der Waals surface area contributed by atoms with Crippen molar-refractivity contribution in [3.05, 3.63) is 0 Å². The molecule has 1 aliphatic heterocycles. The third-order valence-electron chi connectivity index (χ3n) is 4.53. The molecule has 1 saturated carbocycles. The Bertz CT molecular complexity index is 285. The molecule has 0 bridgehead atoms. The van der Waals surface area contributed by atoms with Gasteiger partial charge in [-0.2, -0.15) is 0 Å². The predicted molar refractivity (Wildman–Crippen MR) is 69.6 cm³/mol. The molecule has 1 aliphatic carbocycles. The summed E-state index contributed by atoms with van der Waals surface area (Å²) in [4.78, 5) is 14.1. The van der Waals surface area contributed by atoms with Crippen molar-refractivity contribution < 1.29 is 14.6 Å². The predicted octanol–water partition coefficient (Wildman–Crippen LogP) is 2.13. The van der Waals surface area contributed by atoms with Gasteiger partial charge in [0.1, 0.15) is 0 Å². The largest absolute Gasteiger partial charge is 0.481 e. The first-order chi connectivity index (χ1) is 8.64. The first kappa shape index (κ1) is 13.8. The highest BCUT2D eigenvalue weighted by Gasteiger charge is 2.41. The number of carboxylic acid groups (broad SMARTS) is 1. The van der Waals surface area contributed by atoms with E-state index < -0.39 is 11.4 Å². The third kappa shape index (κ3) is 3.04. The lowest BCUT2D eigenvalue weighted by Gasteiger charge is -2.40. The zero-order valence-electron chi connectivity index (χ0n) is 11.4. The minimum Gasteiger partial charge on any atom is -0.481 e. The van der Waals surface area contributed by atoms with Crippen LogP contribution in [0.1, 0.15) is 45.4 Å². The third-order valence-corrected chi connectivity index (χ3v) is 4.53. The molecule has 1 unspecified atom stereocenters. The second kappa shape index (κ2) is 6.02. The maximum absolute atomic E-state index is 11.8. The van der Waals surface area contributed by atoms with Crippen molar-refractivity contribution in [3.8, 4) is 0 Å². The van der Waals surface area contributed by atoms with E-state index >= 15 is 0 Å². The molecule has 1 atom stereocenters. The molecule has 104 valence electrons. The van der Waals surface area contributed by atoms with Crippen molar-refractivity contribution in [2.75, 3.05) is 26.3 Å². The monoisotopic (exact) mass is 255 g/mol. The molecule has 2 rings (SSSR count). The Hall–Kier alpha value is -0.610. The van der Waals surface area contributed by atoms with Gasteiger partial charge >= 0.3 is 5.97 Å². The second-order valence-corrected chi connectivity index (χ2v) is 5.89. The van der Waals surface area contributed by atoms with E-state index in [4.69, 9.17) is 4.74 Å². The van der Waals surface area contributed by atoms with Crippen molar-refractivity contribution in [2.24, 2.45) is 5.41 Å². The van der Waals surface area contributed by atoms with E-state index in [0.29, 0.717) is 12.6 Å². The van der Waals surface area contributed by atoms with Crippen LogP contribution in [0, 0.1) is 5.41 Å². The quantitative estimate of drug-likeness (QED) is 0.785. The van der Waals surface area contributed by atoms with Crippen LogP contribution in [-0.4, -0.2) is 48.3 Å². The van der Waals surface area contributed by atoms with Crippen LogP contribution in [0.4, 0.5) is 0 Å². The fraction of sp³-hybridized carbons (Fsp3) is 0.929. The van der Waals surface area contributed by atoms with Crippen LogP contribution >= 0.6 is 0 Å². The molecule has 18 heavy (non-hydrogen) atoms. The van der Waals surface area contributed by atoms with E-state index in [-0.39, 0.29) is 0 Å². The van der Waals surface area contributed by atoms with Crippen LogP contribution in [0.15, 0.2) is 0 Å². The molecule has 1 heterocycles. The first-order valence-electron chi connectivity index (χ1n) is 7.19. The minimum atomic E-state index is -0.594. The number of hydrogen-bond donors (Lipinski definition) is 1. The highest BCUT2D eigenvalue weighted by molar-refractivity contribution is 5.75. The molecule has 0 aromatic carbocycles. The van der Waals surface area contributed by atoms with E-state index in [1.54, 1.807) is 0 Å². The molecule has 0 radical (unpaired) electrons. The molecule has 4 nitrogen and oxygen atoms in total. The van der Waals surface area contributed by atoms with Gasteiger partial charge in [0.05, 0.1) is 18.6 Å². The smallest absolute Gasteiger partial charge is 0.310 e. The average Bonchev–Trinajstić information content (AvgIpc) is 2.59. The van der Waals surface area contributed by atoms with Gasteiger partial charge in [-0.15, -0.1) is 0 Å². The van der Waals surface area contributed by atoms with E-state index in [1.807, 2.05) is 0 Å². The fourth-order valence-corrected chi connectivity index (χ4v) is 3.23. The van der Waals surface area contributed by atoms with Gasteiger partial charge in [-0.25, -0.2) is 0 Å². The summed E-state index contributed by atoms with van der Waals surface area (Å²) in [6, 6.07) is 0.346. The van der Waals surface area contributed by atoms with Crippen molar-refractivity contribution in [3.63, 3.8) is 0 Å². The van der Waals surface area contributed by atoms with Gasteiger partial charge in [-0.05, 0) is 19.8 Å². The van der Waals surface area contributed by atoms with Gasteiger partial charge in [-0.3, -0.25) is 9.69 Å². The number of morpholine rings is 1. The molecular formula is C14H25NO3. The summed E-state index contributed by atoms with van der Waals surface area (Å²) in [5.41, 5.74) is -0.512. The number of nitrogens with zero attached hydrogens (tertiary/aromatic N) is 1. The molecule has 0 spiro atoms. The molecule has 0 aromatic rings. The highest BCUT2D eigenvalue weighted by atomic mass is 16.5. The number of rotatable bonds is 3. The molecule has 0 amide bonds. The zero-order valence-corrected chi connectivity index (χ0v) is 11.4. The van der Waals surface area contributed by atoms with Crippen molar-refractivity contribution in [1.82, 2.24) is 4.90 Å². The summed E-state index contributed by atoms with van der Waals surface area (Å²) >= 11 is 0. The SMILES string of the molecule is CC1COCCN1CC1(C(=O)O)CCCCCC1. The lowest BCUT2D eigenvalue weighted by Crippen LogP contribution is -2.51. The van der Waals surface area contributed by atoms with Gasteiger partial charge in [-0.1, -0.05) is 25.7 Å². The Kier molecular flexibility index (Phi) is 4.62. The van der Waals surface area contributed by atoms with E-state index in [9.17, 15) is 9.90 Å². The topological polar surface area (TPSA) is 49.8 Å². The van der Waals surface area contributed by atoms with Crippen LogP contribution in [0.2, 0.25) is 0 Å². The molecule has 1 N–H and O–H groups in total. The number of carboxylic acids is 1. The summed E-state index contributed by atoms with van der Waals surface area (Å²) in [7, 11) is 0. The molecule has 2 aliphatic rings. The lowest BCUT2D eigenvalue weighted by molar-refractivity contribution is -0.152. The number of aliphatic carboxylic acids is 1. The van der Waals surface area contributed by atoms with Crippen molar-refractivity contribution >= 4 is 5.97 Å². The van der Waals surface area contributed by atoms with Crippen LogP contribution in [-0.2, 0) is 9.53 Å². The summed E-state index contributed by atoms with van der Waals surface area (Å²) in [6.07, 6.45) is 6.18. The molecule has 4 heteroatoms. The number of hydrogen-bond acceptors (Lipinski definition) is 3. The normalized spacial score (nSPS) is 29.7. The Morgan fingerprint density at radius 1 is 1.33 bits per heavy atom. The molecular weight excluding hydrogens is 230 g/mol. The van der Waals surface area contributed by atoms with Gasteiger partial charge in [0, 0.05) is 19.1 Å². The van der Waals surface area contributed by atoms with Crippen molar-refractivity contribution in [1.29, 1.82) is 0 Å². The second-order valence-electron chi connectivity index (χ2n) is 5.89.